The first-order valence-corrected chi connectivity index (χ1v) is 9.26. The lowest BCUT2D eigenvalue weighted by molar-refractivity contribution is -0.146. The molecule has 3 aliphatic rings. The molecule has 5 nitrogen and oxygen atoms in total. The number of carbonyl (C=O) groups is 2. The Morgan fingerprint density at radius 1 is 1.29 bits per heavy atom. The van der Waals surface area contributed by atoms with E-state index in [0.717, 1.165) is 51.5 Å². The maximum absolute atomic E-state index is 12.5. The minimum atomic E-state index is -0.210. The fraction of sp³-hybridized carbons (Fsp3) is 0.842. The number of hydrogen-bond donors (Lipinski definition) is 0. The lowest BCUT2D eigenvalue weighted by Gasteiger charge is -2.27. The molecular formula is C19H28N2O3. The van der Waals surface area contributed by atoms with Gasteiger partial charge in [-0.1, -0.05) is 6.92 Å². The summed E-state index contributed by atoms with van der Waals surface area (Å²) in [5, 5.41) is 9.13. The molecule has 24 heavy (non-hydrogen) atoms. The highest BCUT2D eigenvalue weighted by molar-refractivity contribution is 5.77. The fourth-order valence-corrected chi connectivity index (χ4v) is 5.29. The molecule has 132 valence electrons. The molecule has 2 aliphatic carbocycles. The Labute approximate surface area is 144 Å². The number of likely N-dealkylation sites (tertiary alicyclic amines) is 1. The average molecular weight is 332 g/mol. The summed E-state index contributed by atoms with van der Waals surface area (Å²) in [5.74, 6) is 1.24. The van der Waals surface area contributed by atoms with Crippen molar-refractivity contribution in [1.82, 2.24) is 4.90 Å². The van der Waals surface area contributed by atoms with E-state index in [1.165, 1.54) is 6.92 Å². The van der Waals surface area contributed by atoms with Crippen LogP contribution in [0.2, 0.25) is 0 Å². The van der Waals surface area contributed by atoms with Crippen molar-refractivity contribution in [3.8, 4) is 6.07 Å². The van der Waals surface area contributed by atoms with Gasteiger partial charge in [0, 0.05) is 19.9 Å². The van der Waals surface area contributed by atoms with Crippen LogP contribution in [0.5, 0.6) is 0 Å². The Hall–Kier alpha value is -1.57. The van der Waals surface area contributed by atoms with Gasteiger partial charge in [0.2, 0.25) is 5.91 Å². The lowest BCUT2D eigenvalue weighted by Crippen LogP contribution is -2.35. The summed E-state index contributed by atoms with van der Waals surface area (Å²) >= 11 is 0. The minimum absolute atomic E-state index is 0.102. The Kier molecular flexibility index (Phi) is 4.85. The van der Waals surface area contributed by atoms with Gasteiger partial charge in [0.1, 0.15) is 12.1 Å². The van der Waals surface area contributed by atoms with Crippen LogP contribution in [0.25, 0.3) is 0 Å². The first-order chi connectivity index (χ1) is 11.4. The van der Waals surface area contributed by atoms with Gasteiger partial charge in [-0.15, -0.1) is 0 Å². The first kappa shape index (κ1) is 17.3. The van der Waals surface area contributed by atoms with E-state index >= 15 is 0 Å². The first-order valence-electron chi connectivity index (χ1n) is 9.26. The van der Waals surface area contributed by atoms with Crippen molar-refractivity contribution in [3.05, 3.63) is 0 Å². The zero-order chi connectivity index (χ0) is 17.3. The number of amides is 1. The second-order valence-corrected chi connectivity index (χ2v) is 8.32. The molecule has 0 aromatic carbocycles. The molecule has 1 amide bonds. The van der Waals surface area contributed by atoms with Crippen LogP contribution in [0.3, 0.4) is 0 Å². The molecule has 0 N–H and O–H groups in total. The molecule has 5 heteroatoms. The van der Waals surface area contributed by atoms with Crippen molar-refractivity contribution < 1.29 is 14.3 Å². The van der Waals surface area contributed by atoms with Gasteiger partial charge in [-0.3, -0.25) is 9.59 Å². The van der Waals surface area contributed by atoms with Crippen LogP contribution >= 0.6 is 0 Å². The highest BCUT2D eigenvalue weighted by Crippen LogP contribution is 2.55. The number of rotatable bonds is 4. The molecule has 1 aliphatic heterocycles. The van der Waals surface area contributed by atoms with Crippen LogP contribution < -0.4 is 0 Å². The molecule has 0 bridgehead atoms. The van der Waals surface area contributed by atoms with Crippen molar-refractivity contribution in [3.63, 3.8) is 0 Å². The molecule has 0 aromatic rings. The van der Waals surface area contributed by atoms with Gasteiger partial charge in [0.25, 0.3) is 0 Å². The molecule has 3 rings (SSSR count). The number of nitrogens with zero attached hydrogens (tertiary/aromatic N) is 2. The number of carbonyl (C=O) groups excluding carboxylic acids is 2. The van der Waals surface area contributed by atoms with Crippen molar-refractivity contribution in [2.75, 3.05) is 6.54 Å². The molecule has 1 heterocycles. The van der Waals surface area contributed by atoms with Gasteiger partial charge in [0.05, 0.1) is 6.07 Å². The number of esters is 1. The van der Waals surface area contributed by atoms with E-state index in [1.54, 1.807) is 4.90 Å². The quantitative estimate of drug-likeness (QED) is 0.742. The summed E-state index contributed by atoms with van der Waals surface area (Å²) in [5.41, 5.74) is 0.216. The van der Waals surface area contributed by atoms with Crippen LogP contribution in [0.1, 0.15) is 65.2 Å². The van der Waals surface area contributed by atoms with Gasteiger partial charge in [-0.2, -0.15) is 5.26 Å². The predicted molar refractivity (Wildman–Crippen MR) is 88.7 cm³/mol. The number of ether oxygens (including phenoxy) is 1. The highest BCUT2D eigenvalue weighted by Gasteiger charge is 2.48. The third-order valence-corrected chi connectivity index (χ3v) is 6.31. The van der Waals surface area contributed by atoms with Crippen LogP contribution in [0.4, 0.5) is 0 Å². The monoisotopic (exact) mass is 332 g/mol. The van der Waals surface area contributed by atoms with Crippen molar-refractivity contribution in [2.45, 2.75) is 77.4 Å². The van der Waals surface area contributed by atoms with E-state index in [0.29, 0.717) is 18.3 Å². The Bertz CT molecular complexity index is 539. The van der Waals surface area contributed by atoms with Crippen LogP contribution in [-0.4, -0.2) is 35.5 Å². The zero-order valence-electron chi connectivity index (χ0n) is 14.8. The maximum Gasteiger partial charge on any atom is 0.302 e. The van der Waals surface area contributed by atoms with E-state index in [9.17, 15) is 9.59 Å². The molecule has 0 spiro atoms. The van der Waals surface area contributed by atoms with Crippen molar-refractivity contribution in [1.29, 1.82) is 5.26 Å². The third kappa shape index (κ3) is 3.58. The van der Waals surface area contributed by atoms with Crippen molar-refractivity contribution in [2.24, 2.45) is 17.3 Å². The summed E-state index contributed by atoms with van der Waals surface area (Å²) in [6.07, 6.45) is 7.56. The molecule has 2 unspecified atom stereocenters. The zero-order valence-corrected chi connectivity index (χ0v) is 14.8. The Morgan fingerprint density at radius 3 is 2.54 bits per heavy atom. The highest BCUT2D eigenvalue weighted by atomic mass is 16.5. The summed E-state index contributed by atoms with van der Waals surface area (Å²) in [4.78, 5) is 25.3. The van der Waals surface area contributed by atoms with Gasteiger partial charge >= 0.3 is 5.97 Å². The summed E-state index contributed by atoms with van der Waals surface area (Å²) in [7, 11) is 0. The Morgan fingerprint density at radius 2 is 1.96 bits per heavy atom. The van der Waals surface area contributed by atoms with Crippen molar-refractivity contribution >= 4 is 11.9 Å². The molecule has 1 saturated heterocycles. The predicted octanol–water partition coefficient (Wildman–Crippen LogP) is 3.04. The van der Waals surface area contributed by atoms with Crippen LogP contribution in [0, 0.1) is 28.6 Å². The summed E-state index contributed by atoms with van der Waals surface area (Å²) < 4.78 is 5.38. The van der Waals surface area contributed by atoms with Gasteiger partial charge in [-0.25, -0.2) is 0 Å². The lowest BCUT2D eigenvalue weighted by atomic mass is 9.81. The standard InChI is InChI=1S/C19H28N2O3/c1-13(22)24-17-8-14-10-19(2,11-15(14)9-17)6-5-18(23)21-7-3-4-16(21)12-20/h14-17H,3-11H2,1-2H3/t14-,15+,16-,17?,19?/m0/s1. The molecule has 0 radical (unpaired) electrons. The van der Waals surface area contributed by atoms with Gasteiger partial charge in [-0.05, 0) is 62.2 Å². The van der Waals surface area contributed by atoms with E-state index in [1.807, 2.05) is 0 Å². The smallest absolute Gasteiger partial charge is 0.302 e. The SMILES string of the molecule is CC(=O)OC1C[C@@H]2CC(C)(CCC(=O)N3CCC[C@H]3C#N)C[C@@H]2C1. The maximum atomic E-state index is 12.5. The van der Waals surface area contributed by atoms with E-state index in [2.05, 4.69) is 13.0 Å². The molecule has 2 saturated carbocycles. The number of hydrogen-bond acceptors (Lipinski definition) is 4. The minimum Gasteiger partial charge on any atom is -0.463 e. The molecule has 3 fully saturated rings. The average Bonchev–Trinajstić information content (AvgIpc) is 3.17. The molecule has 5 atom stereocenters. The molecular weight excluding hydrogens is 304 g/mol. The fourth-order valence-electron chi connectivity index (χ4n) is 5.29. The van der Waals surface area contributed by atoms with Gasteiger partial charge in [0.15, 0.2) is 0 Å². The topological polar surface area (TPSA) is 70.4 Å². The number of fused-ring (bicyclic) bond motifs is 1. The normalized spacial score (nSPS) is 38.0. The molecule has 0 aromatic heterocycles. The van der Waals surface area contributed by atoms with E-state index in [4.69, 9.17) is 10.00 Å². The van der Waals surface area contributed by atoms with Crippen LogP contribution in [0.15, 0.2) is 0 Å². The second kappa shape index (κ2) is 6.74. The second-order valence-electron chi connectivity index (χ2n) is 8.32. The van der Waals surface area contributed by atoms with E-state index < -0.39 is 0 Å². The van der Waals surface area contributed by atoms with Gasteiger partial charge < -0.3 is 9.64 Å². The van der Waals surface area contributed by atoms with Crippen LogP contribution in [-0.2, 0) is 14.3 Å². The summed E-state index contributed by atoms with van der Waals surface area (Å²) in [6, 6.07) is 2.04. The Balaban J connectivity index is 1.48. The van der Waals surface area contributed by atoms with E-state index in [-0.39, 0.29) is 29.4 Å². The largest absolute Gasteiger partial charge is 0.463 e. The third-order valence-electron chi connectivity index (χ3n) is 6.31. The summed E-state index contributed by atoms with van der Waals surface area (Å²) in [6.45, 7) is 4.52. The number of nitriles is 1.